The summed E-state index contributed by atoms with van der Waals surface area (Å²) in [4.78, 5) is 16.7. The van der Waals surface area contributed by atoms with Crippen molar-refractivity contribution in [3.8, 4) is 0 Å². The fourth-order valence-electron chi connectivity index (χ4n) is 3.28. The van der Waals surface area contributed by atoms with Gasteiger partial charge in [0.25, 0.3) is 0 Å². The molecular weight excluding hydrogens is 294 g/mol. The molecule has 0 radical (unpaired) electrons. The first kappa shape index (κ1) is 16.4. The van der Waals surface area contributed by atoms with E-state index in [9.17, 15) is 4.79 Å². The van der Waals surface area contributed by atoms with Gasteiger partial charge in [-0.1, -0.05) is 0 Å². The minimum Gasteiger partial charge on any atom is -0.378 e. The molecule has 0 spiro atoms. The van der Waals surface area contributed by atoms with Crippen LogP contribution in [0.5, 0.6) is 0 Å². The lowest BCUT2D eigenvalue weighted by molar-refractivity contribution is -0.117. The van der Waals surface area contributed by atoms with Crippen molar-refractivity contribution < 1.29 is 9.53 Å². The Morgan fingerprint density at radius 2 is 2.17 bits per heavy atom. The lowest BCUT2D eigenvalue weighted by Crippen LogP contribution is -2.27. The summed E-state index contributed by atoms with van der Waals surface area (Å²) in [5.41, 5.74) is 0. The largest absolute Gasteiger partial charge is 0.378 e. The van der Waals surface area contributed by atoms with E-state index < -0.39 is 0 Å². The van der Waals surface area contributed by atoms with E-state index in [0.717, 1.165) is 57.6 Å². The van der Waals surface area contributed by atoms with E-state index in [-0.39, 0.29) is 12.0 Å². The van der Waals surface area contributed by atoms with E-state index in [0.29, 0.717) is 18.3 Å². The Morgan fingerprint density at radius 3 is 2.91 bits per heavy atom. The number of carbonyl (C=O) groups excluding carboxylic acids is 1. The van der Waals surface area contributed by atoms with Gasteiger partial charge in [0.1, 0.15) is 0 Å². The number of piperidine rings is 1. The quantitative estimate of drug-likeness (QED) is 0.860. The number of amides is 1. The number of hydrogen-bond acceptors (Lipinski definition) is 5. The van der Waals surface area contributed by atoms with Gasteiger partial charge in [-0.15, -0.1) is 0 Å². The second-order valence-corrected chi connectivity index (χ2v) is 6.52. The number of nitrogens with zero attached hydrogens (tertiary/aromatic N) is 3. The van der Waals surface area contributed by atoms with Crippen LogP contribution >= 0.6 is 0 Å². The van der Waals surface area contributed by atoms with Gasteiger partial charge in [-0.05, 0) is 51.6 Å². The highest BCUT2D eigenvalue weighted by atomic mass is 16.5. The van der Waals surface area contributed by atoms with E-state index >= 15 is 0 Å². The number of nitrogens with one attached hydrogen (secondary N) is 2. The van der Waals surface area contributed by atoms with Crippen LogP contribution in [0.3, 0.4) is 0 Å². The molecule has 7 heteroatoms. The maximum Gasteiger partial charge on any atom is 0.227 e. The Hall–Kier alpha value is -1.47. The highest BCUT2D eigenvalue weighted by molar-refractivity contribution is 5.88. The van der Waals surface area contributed by atoms with Crippen LogP contribution in [0.25, 0.3) is 0 Å². The first-order chi connectivity index (χ1) is 11.2. The van der Waals surface area contributed by atoms with E-state index in [2.05, 4.69) is 20.7 Å². The topological polar surface area (TPSA) is 81.1 Å². The van der Waals surface area contributed by atoms with Crippen molar-refractivity contribution in [2.45, 2.75) is 57.0 Å². The zero-order valence-electron chi connectivity index (χ0n) is 13.9. The molecule has 0 aliphatic carbocycles. The van der Waals surface area contributed by atoms with Gasteiger partial charge in [0.15, 0.2) is 5.82 Å². The van der Waals surface area contributed by atoms with Crippen LogP contribution in [0.1, 0.15) is 56.7 Å². The maximum absolute atomic E-state index is 12.1. The number of anilines is 1. The summed E-state index contributed by atoms with van der Waals surface area (Å²) < 4.78 is 7.34. The van der Waals surface area contributed by atoms with Crippen LogP contribution in [0, 0.1) is 0 Å². The third-order valence-corrected chi connectivity index (χ3v) is 4.70. The van der Waals surface area contributed by atoms with Crippen molar-refractivity contribution in [3.05, 3.63) is 5.82 Å². The van der Waals surface area contributed by atoms with Gasteiger partial charge in [-0.2, -0.15) is 10.1 Å². The Morgan fingerprint density at radius 1 is 1.35 bits per heavy atom. The zero-order chi connectivity index (χ0) is 16.1. The summed E-state index contributed by atoms with van der Waals surface area (Å²) in [5, 5.41) is 10.7. The third kappa shape index (κ3) is 4.51. The standard InChI is InChI=1S/C16H27N5O2/c1-21-16(19-15(20-21)12-7-9-17-10-8-12)18-14(22)6-5-13-4-2-3-11-23-13/h12-13,17H,2-11H2,1H3,(H,18,19,20,22). The monoisotopic (exact) mass is 321 g/mol. The average Bonchev–Trinajstić information content (AvgIpc) is 2.95. The molecule has 3 rings (SSSR count). The van der Waals surface area contributed by atoms with Gasteiger partial charge in [0, 0.05) is 26.0 Å². The van der Waals surface area contributed by atoms with Gasteiger partial charge >= 0.3 is 0 Å². The average molecular weight is 321 g/mol. The molecule has 0 saturated carbocycles. The van der Waals surface area contributed by atoms with Crippen LogP contribution in [0.2, 0.25) is 0 Å². The highest BCUT2D eigenvalue weighted by Gasteiger charge is 2.21. The maximum atomic E-state index is 12.1. The first-order valence-corrected chi connectivity index (χ1v) is 8.75. The Kier molecular flexibility index (Phi) is 5.61. The van der Waals surface area contributed by atoms with Crippen molar-refractivity contribution in [2.75, 3.05) is 25.0 Å². The predicted octanol–water partition coefficient (Wildman–Crippen LogP) is 1.57. The van der Waals surface area contributed by atoms with Crippen LogP contribution in [0.15, 0.2) is 0 Å². The van der Waals surface area contributed by atoms with Crippen LogP contribution in [-0.2, 0) is 16.6 Å². The molecule has 2 saturated heterocycles. The summed E-state index contributed by atoms with van der Waals surface area (Å²) >= 11 is 0. The molecule has 7 nitrogen and oxygen atoms in total. The molecular formula is C16H27N5O2. The number of ether oxygens (including phenoxy) is 1. The minimum atomic E-state index is -0.00784. The van der Waals surface area contributed by atoms with Crippen molar-refractivity contribution in [1.29, 1.82) is 0 Å². The predicted molar refractivity (Wildman–Crippen MR) is 87.3 cm³/mol. The van der Waals surface area contributed by atoms with Crippen LogP contribution < -0.4 is 10.6 Å². The lowest BCUT2D eigenvalue weighted by atomic mass is 9.98. The molecule has 2 aliphatic rings. The van der Waals surface area contributed by atoms with E-state index in [1.54, 1.807) is 4.68 Å². The Bertz CT molecular complexity index is 519. The summed E-state index contributed by atoms with van der Waals surface area (Å²) in [5.74, 6) is 1.78. The summed E-state index contributed by atoms with van der Waals surface area (Å²) in [6.45, 7) is 2.84. The smallest absolute Gasteiger partial charge is 0.227 e. The molecule has 1 amide bonds. The van der Waals surface area contributed by atoms with Crippen LogP contribution in [0.4, 0.5) is 5.95 Å². The molecule has 128 valence electrons. The van der Waals surface area contributed by atoms with Crippen molar-refractivity contribution in [3.63, 3.8) is 0 Å². The fraction of sp³-hybridized carbons (Fsp3) is 0.812. The molecule has 1 aromatic rings. The normalized spacial score (nSPS) is 22.9. The van der Waals surface area contributed by atoms with Crippen molar-refractivity contribution in [2.24, 2.45) is 7.05 Å². The molecule has 3 heterocycles. The molecule has 23 heavy (non-hydrogen) atoms. The Balaban J connectivity index is 1.50. The van der Waals surface area contributed by atoms with Gasteiger partial charge in [0.2, 0.25) is 11.9 Å². The van der Waals surface area contributed by atoms with E-state index in [1.807, 2.05) is 7.05 Å². The molecule has 1 aromatic heterocycles. The summed E-state index contributed by atoms with van der Waals surface area (Å²) in [7, 11) is 1.83. The second kappa shape index (κ2) is 7.88. The lowest BCUT2D eigenvalue weighted by Gasteiger charge is -2.22. The van der Waals surface area contributed by atoms with Gasteiger partial charge in [-0.25, -0.2) is 4.68 Å². The molecule has 0 aromatic carbocycles. The number of hydrogen-bond donors (Lipinski definition) is 2. The molecule has 2 N–H and O–H groups in total. The molecule has 0 bridgehead atoms. The number of aryl methyl sites for hydroxylation is 1. The number of rotatable bonds is 5. The SMILES string of the molecule is Cn1nc(C2CCNCC2)nc1NC(=O)CCC1CCCCO1. The first-order valence-electron chi connectivity index (χ1n) is 8.75. The molecule has 1 unspecified atom stereocenters. The van der Waals surface area contributed by atoms with E-state index in [4.69, 9.17) is 4.74 Å². The molecule has 2 aliphatic heterocycles. The van der Waals surface area contributed by atoms with Crippen molar-refractivity contribution in [1.82, 2.24) is 20.1 Å². The van der Waals surface area contributed by atoms with Gasteiger partial charge in [-0.3, -0.25) is 10.1 Å². The zero-order valence-corrected chi connectivity index (χ0v) is 13.9. The second-order valence-electron chi connectivity index (χ2n) is 6.52. The molecule has 1 atom stereocenters. The Labute approximate surface area is 137 Å². The highest BCUT2D eigenvalue weighted by Crippen LogP contribution is 2.23. The van der Waals surface area contributed by atoms with Gasteiger partial charge in [0.05, 0.1) is 6.10 Å². The number of carbonyl (C=O) groups is 1. The van der Waals surface area contributed by atoms with Gasteiger partial charge < -0.3 is 10.1 Å². The third-order valence-electron chi connectivity index (χ3n) is 4.70. The minimum absolute atomic E-state index is 0.00784. The fourth-order valence-corrected chi connectivity index (χ4v) is 3.28. The molecule has 2 fully saturated rings. The summed E-state index contributed by atoms with van der Waals surface area (Å²) in [6, 6.07) is 0. The summed E-state index contributed by atoms with van der Waals surface area (Å²) in [6.07, 6.45) is 7.00. The van der Waals surface area contributed by atoms with Crippen molar-refractivity contribution >= 4 is 11.9 Å². The number of aromatic nitrogens is 3. The van der Waals surface area contributed by atoms with E-state index in [1.165, 1.54) is 6.42 Å². The van der Waals surface area contributed by atoms with Crippen LogP contribution in [-0.4, -0.2) is 46.5 Å².